The minimum Gasteiger partial charge on any atom is -0.258 e. The quantitative estimate of drug-likeness (QED) is 0.407. The summed E-state index contributed by atoms with van der Waals surface area (Å²) in [4.78, 5) is 13.2. The molecule has 4 nitrogen and oxygen atoms in total. The van der Waals surface area contributed by atoms with E-state index in [1.807, 2.05) is 0 Å². The van der Waals surface area contributed by atoms with Crippen molar-refractivity contribution in [2.75, 3.05) is 0 Å². The van der Waals surface area contributed by atoms with Crippen LogP contribution < -0.4 is 0 Å². The van der Waals surface area contributed by atoms with Crippen LogP contribution in [0.25, 0.3) is 10.5 Å². The summed E-state index contributed by atoms with van der Waals surface area (Å²) in [6.07, 6.45) is 1.67. The summed E-state index contributed by atoms with van der Waals surface area (Å²) in [6, 6.07) is 5.94. The highest BCUT2D eigenvalue weighted by Gasteiger charge is 2.05. The Hall–Kier alpha value is -2.15. The van der Waals surface area contributed by atoms with Gasteiger partial charge in [-0.15, -0.1) is 0 Å². The summed E-state index contributed by atoms with van der Waals surface area (Å²) >= 11 is 0. The first-order valence-electron chi connectivity index (χ1n) is 3.97. The van der Waals surface area contributed by atoms with Crippen molar-refractivity contribution in [1.82, 2.24) is 0 Å². The molecule has 0 saturated heterocycles. The second-order valence-electron chi connectivity index (χ2n) is 2.59. The van der Waals surface area contributed by atoms with Gasteiger partial charge < -0.3 is 0 Å². The van der Waals surface area contributed by atoms with E-state index in [1.165, 1.54) is 12.1 Å². The lowest BCUT2D eigenvalue weighted by atomic mass is 10.1. The average Bonchev–Trinajstić information content (AvgIpc) is 2.20. The molecule has 0 saturated carbocycles. The van der Waals surface area contributed by atoms with Crippen molar-refractivity contribution in [3.8, 4) is 0 Å². The highest BCUT2D eigenvalue weighted by atomic mass is 16.6. The molecule has 0 atom stereocenters. The fourth-order valence-corrected chi connectivity index (χ4v) is 1.05. The third-order valence-electron chi connectivity index (χ3n) is 1.77. The van der Waals surface area contributed by atoms with Gasteiger partial charge in [0.15, 0.2) is 5.70 Å². The van der Waals surface area contributed by atoms with Crippen molar-refractivity contribution < 1.29 is 4.92 Å². The molecule has 1 aromatic carbocycles. The molecule has 0 aliphatic heterocycles. The zero-order chi connectivity index (χ0) is 10.6. The van der Waals surface area contributed by atoms with Crippen molar-refractivity contribution in [1.29, 1.82) is 0 Å². The third-order valence-corrected chi connectivity index (χ3v) is 1.77. The van der Waals surface area contributed by atoms with E-state index in [-0.39, 0.29) is 5.69 Å². The first-order chi connectivity index (χ1) is 6.69. The second kappa shape index (κ2) is 4.19. The number of allylic oxidation sites excluding steroid dienone is 1. The van der Waals surface area contributed by atoms with E-state index in [9.17, 15) is 10.1 Å². The van der Waals surface area contributed by atoms with E-state index in [2.05, 4.69) is 4.85 Å². The van der Waals surface area contributed by atoms with Crippen LogP contribution in [-0.2, 0) is 0 Å². The zero-order valence-electron chi connectivity index (χ0n) is 7.60. The Bertz CT molecular complexity index is 413. The summed E-state index contributed by atoms with van der Waals surface area (Å²) in [5, 5.41) is 10.4. The number of hydrogen-bond acceptors (Lipinski definition) is 2. The predicted molar refractivity (Wildman–Crippen MR) is 53.3 cm³/mol. The monoisotopic (exact) mass is 188 g/mol. The van der Waals surface area contributed by atoms with Crippen LogP contribution in [-0.4, -0.2) is 4.92 Å². The first-order valence-corrected chi connectivity index (χ1v) is 3.97. The number of rotatable bonds is 2. The normalized spacial score (nSPS) is 10.7. The topological polar surface area (TPSA) is 47.5 Å². The van der Waals surface area contributed by atoms with Gasteiger partial charge in [-0.1, -0.05) is 25.1 Å². The molecule has 0 bridgehead atoms. The molecule has 0 unspecified atom stereocenters. The molecule has 0 spiro atoms. The van der Waals surface area contributed by atoms with Crippen LogP contribution in [0.1, 0.15) is 12.5 Å². The van der Waals surface area contributed by atoms with Gasteiger partial charge in [-0.05, 0) is 5.56 Å². The Labute approximate surface area is 81.5 Å². The van der Waals surface area contributed by atoms with Crippen LogP contribution in [0.5, 0.6) is 0 Å². The Morgan fingerprint density at radius 1 is 1.50 bits per heavy atom. The summed E-state index contributed by atoms with van der Waals surface area (Å²) in [6.45, 7) is 8.62. The van der Waals surface area contributed by atoms with Gasteiger partial charge in [0.25, 0.3) is 5.69 Å². The number of nitro groups is 1. The lowest BCUT2D eigenvalue weighted by Crippen LogP contribution is -1.87. The van der Waals surface area contributed by atoms with E-state index in [4.69, 9.17) is 6.57 Å². The summed E-state index contributed by atoms with van der Waals surface area (Å²) < 4.78 is 0. The van der Waals surface area contributed by atoms with E-state index in [1.54, 1.807) is 25.1 Å². The molecular formula is C10H8N2O2. The summed E-state index contributed by atoms with van der Waals surface area (Å²) in [7, 11) is 0. The Kier molecular flexibility index (Phi) is 2.97. The minimum atomic E-state index is -0.461. The first kappa shape index (κ1) is 9.93. The van der Waals surface area contributed by atoms with Gasteiger partial charge in [0.1, 0.15) is 0 Å². The Morgan fingerprint density at radius 3 is 2.43 bits per heavy atom. The van der Waals surface area contributed by atoms with Crippen molar-refractivity contribution in [2.24, 2.45) is 0 Å². The summed E-state index contributed by atoms with van der Waals surface area (Å²) in [5.74, 6) is 0. The molecule has 0 N–H and O–H groups in total. The molecule has 14 heavy (non-hydrogen) atoms. The van der Waals surface area contributed by atoms with E-state index >= 15 is 0 Å². The van der Waals surface area contributed by atoms with E-state index in [0.29, 0.717) is 11.3 Å². The van der Waals surface area contributed by atoms with Crippen molar-refractivity contribution >= 4 is 11.4 Å². The highest BCUT2D eigenvalue weighted by Crippen LogP contribution is 2.19. The molecule has 0 aliphatic carbocycles. The Morgan fingerprint density at radius 2 is 2.07 bits per heavy atom. The molecule has 0 amide bonds. The smallest absolute Gasteiger partial charge is 0.258 e. The Balaban J connectivity index is 3.07. The fourth-order valence-electron chi connectivity index (χ4n) is 1.05. The zero-order valence-corrected chi connectivity index (χ0v) is 7.60. The maximum atomic E-state index is 10.4. The number of benzene rings is 1. The number of hydrogen-bond donors (Lipinski definition) is 0. The fraction of sp³-hybridized carbons (Fsp3) is 0.100. The van der Waals surface area contributed by atoms with Crippen molar-refractivity contribution in [2.45, 2.75) is 6.92 Å². The third kappa shape index (κ3) is 1.96. The molecule has 0 heterocycles. The van der Waals surface area contributed by atoms with Gasteiger partial charge in [0, 0.05) is 12.1 Å². The predicted octanol–water partition coefficient (Wildman–Crippen LogP) is 2.87. The average molecular weight is 188 g/mol. The van der Waals surface area contributed by atoms with E-state index in [0.717, 1.165) is 0 Å². The van der Waals surface area contributed by atoms with Crippen LogP contribution in [0.4, 0.5) is 5.69 Å². The lowest BCUT2D eigenvalue weighted by molar-refractivity contribution is -0.384. The molecule has 0 fully saturated rings. The van der Waals surface area contributed by atoms with Crippen molar-refractivity contribution in [3.63, 3.8) is 0 Å². The molecule has 1 rings (SSSR count). The summed E-state index contributed by atoms with van der Waals surface area (Å²) in [5.41, 5.74) is 1.24. The number of nitrogens with zero attached hydrogens (tertiary/aromatic N) is 2. The lowest BCUT2D eigenvalue weighted by Gasteiger charge is -1.96. The molecule has 1 aromatic rings. The standard InChI is InChI=1S/C10H8N2O2/c1-3-10(11-2)8-4-6-9(7-5-8)12(13)14/h3-7H,1H3/b10-3-. The second-order valence-corrected chi connectivity index (χ2v) is 2.59. The minimum absolute atomic E-state index is 0.0363. The van der Waals surface area contributed by atoms with Crippen LogP contribution in [0, 0.1) is 16.7 Å². The molecule has 0 aromatic heterocycles. The maximum Gasteiger partial charge on any atom is 0.269 e. The SMILES string of the molecule is [C-]#[N+]/C(=C\C)c1ccc([N+](=O)[O-])cc1. The van der Waals surface area contributed by atoms with Gasteiger partial charge in [0.2, 0.25) is 0 Å². The highest BCUT2D eigenvalue weighted by molar-refractivity contribution is 5.70. The number of non-ortho nitro benzene ring substituents is 1. The molecule has 0 radical (unpaired) electrons. The molecule has 4 heteroatoms. The van der Waals surface area contributed by atoms with Crippen LogP contribution >= 0.6 is 0 Å². The largest absolute Gasteiger partial charge is 0.269 e. The van der Waals surface area contributed by atoms with Gasteiger partial charge in [-0.2, -0.15) is 0 Å². The van der Waals surface area contributed by atoms with Gasteiger partial charge in [-0.3, -0.25) is 10.1 Å². The van der Waals surface area contributed by atoms with E-state index < -0.39 is 4.92 Å². The van der Waals surface area contributed by atoms with Gasteiger partial charge in [-0.25, -0.2) is 4.85 Å². The molecule has 70 valence electrons. The maximum absolute atomic E-state index is 10.4. The number of nitro benzene ring substituents is 1. The molecular weight excluding hydrogens is 180 g/mol. The van der Waals surface area contributed by atoms with Crippen LogP contribution in [0.15, 0.2) is 30.3 Å². The van der Waals surface area contributed by atoms with Crippen LogP contribution in [0.2, 0.25) is 0 Å². The van der Waals surface area contributed by atoms with Crippen LogP contribution in [0.3, 0.4) is 0 Å². The van der Waals surface area contributed by atoms with Crippen molar-refractivity contribution in [3.05, 3.63) is 57.4 Å². The van der Waals surface area contributed by atoms with Gasteiger partial charge in [0.05, 0.1) is 11.5 Å². The molecule has 0 aliphatic rings. The van der Waals surface area contributed by atoms with Gasteiger partial charge >= 0.3 is 0 Å².